The molecule has 1 saturated heterocycles. The number of carbonyl (C=O) groups is 1. The number of likely N-dealkylation sites (tertiary alicyclic amines) is 1. The van der Waals surface area contributed by atoms with Crippen LogP contribution in [0.1, 0.15) is 20.3 Å². The topological polar surface area (TPSA) is 41.6 Å². The lowest BCUT2D eigenvalue weighted by molar-refractivity contribution is -0.142. The van der Waals surface area contributed by atoms with Crippen molar-refractivity contribution in [1.29, 1.82) is 0 Å². The molecule has 2 unspecified atom stereocenters. The Kier molecular flexibility index (Phi) is 5.05. The predicted molar refractivity (Wildman–Crippen MR) is 59.7 cm³/mol. The van der Waals surface area contributed by atoms with Crippen LogP contribution in [0.4, 0.5) is 0 Å². The summed E-state index contributed by atoms with van der Waals surface area (Å²) in [6.45, 7) is 7.70. The van der Waals surface area contributed by atoms with Crippen molar-refractivity contribution in [3.05, 3.63) is 0 Å². The van der Waals surface area contributed by atoms with E-state index >= 15 is 0 Å². The van der Waals surface area contributed by atoms with E-state index in [-0.39, 0.29) is 5.97 Å². The smallest absolute Gasteiger partial charge is 0.319 e. The fourth-order valence-corrected chi connectivity index (χ4v) is 2.27. The van der Waals surface area contributed by atoms with Gasteiger partial charge < -0.3 is 10.1 Å². The summed E-state index contributed by atoms with van der Waals surface area (Å²) in [5, 5.41) is 3.44. The summed E-state index contributed by atoms with van der Waals surface area (Å²) >= 11 is 0. The predicted octanol–water partition coefficient (Wildman–Crippen LogP) is 0.479. The molecular formula is C11H22N2O2. The van der Waals surface area contributed by atoms with Gasteiger partial charge in [-0.25, -0.2) is 0 Å². The average molecular weight is 214 g/mol. The van der Waals surface area contributed by atoms with Crippen molar-refractivity contribution in [2.45, 2.75) is 26.3 Å². The molecule has 0 bridgehead atoms. The van der Waals surface area contributed by atoms with E-state index in [2.05, 4.69) is 28.8 Å². The highest BCUT2D eigenvalue weighted by molar-refractivity contribution is 5.71. The van der Waals surface area contributed by atoms with Crippen LogP contribution < -0.4 is 5.32 Å². The Balaban J connectivity index is 2.40. The van der Waals surface area contributed by atoms with Gasteiger partial charge in [-0.05, 0) is 18.9 Å². The van der Waals surface area contributed by atoms with Gasteiger partial charge in [0.05, 0.1) is 13.7 Å². The van der Waals surface area contributed by atoms with Crippen molar-refractivity contribution in [3.63, 3.8) is 0 Å². The van der Waals surface area contributed by atoms with E-state index in [4.69, 9.17) is 0 Å². The highest BCUT2D eigenvalue weighted by Crippen LogP contribution is 2.15. The second-order valence-corrected chi connectivity index (χ2v) is 4.37. The Labute approximate surface area is 92.0 Å². The molecule has 1 N–H and O–H groups in total. The standard InChI is InChI=1S/C11H22N2O2/c1-4-12-10-5-9(2)6-13(7-10)8-11(14)15-3/h9-10,12H,4-8H2,1-3H3. The number of rotatable bonds is 4. The molecule has 0 amide bonds. The van der Waals surface area contributed by atoms with Gasteiger partial charge in [0.1, 0.15) is 0 Å². The third-order valence-electron chi connectivity index (χ3n) is 2.81. The SMILES string of the molecule is CCNC1CC(C)CN(CC(=O)OC)C1. The molecule has 1 aliphatic heterocycles. The average Bonchev–Trinajstić information content (AvgIpc) is 2.17. The van der Waals surface area contributed by atoms with Gasteiger partial charge in [-0.15, -0.1) is 0 Å². The molecule has 0 aliphatic carbocycles. The number of ether oxygens (including phenoxy) is 1. The number of nitrogens with one attached hydrogen (secondary N) is 1. The van der Waals surface area contributed by atoms with Crippen LogP contribution in [0.5, 0.6) is 0 Å². The molecule has 1 fully saturated rings. The molecule has 1 heterocycles. The van der Waals surface area contributed by atoms with E-state index < -0.39 is 0 Å². The summed E-state index contributed by atoms with van der Waals surface area (Å²) in [4.78, 5) is 13.3. The first-order valence-electron chi connectivity index (χ1n) is 5.68. The molecule has 88 valence electrons. The van der Waals surface area contributed by atoms with E-state index in [1.54, 1.807) is 0 Å². The molecule has 0 aromatic rings. The minimum absolute atomic E-state index is 0.139. The van der Waals surface area contributed by atoms with Gasteiger partial charge >= 0.3 is 5.97 Å². The van der Waals surface area contributed by atoms with Gasteiger partial charge in [0, 0.05) is 19.1 Å². The first-order valence-corrected chi connectivity index (χ1v) is 5.68. The van der Waals surface area contributed by atoms with Crippen molar-refractivity contribution >= 4 is 5.97 Å². The van der Waals surface area contributed by atoms with Crippen LogP contribution in [0.25, 0.3) is 0 Å². The van der Waals surface area contributed by atoms with Crippen LogP contribution >= 0.6 is 0 Å². The summed E-state index contributed by atoms with van der Waals surface area (Å²) in [6.07, 6.45) is 1.20. The summed E-state index contributed by atoms with van der Waals surface area (Å²) in [7, 11) is 1.44. The van der Waals surface area contributed by atoms with Gasteiger partial charge in [-0.3, -0.25) is 9.69 Å². The minimum atomic E-state index is -0.139. The molecular weight excluding hydrogens is 192 g/mol. The van der Waals surface area contributed by atoms with E-state index in [1.807, 2.05) is 0 Å². The zero-order valence-corrected chi connectivity index (χ0v) is 9.95. The third-order valence-corrected chi connectivity index (χ3v) is 2.81. The van der Waals surface area contributed by atoms with Crippen LogP contribution in [0.15, 0.2) is 0 Å². The normalized spacial score (nSPS) is 27.7. The monoisotopic (exact) mass is 214 g/mol. The van der Waals surface area contributed by atoms with Crippen molar-refractivity contribution < 1.29 is 9.53 Å². The highest BCUT2D eigenvalue weighted by Gasteiger charge is 2.25. The third kappa shape index (κ3) is 4.18. The molecule has 0 aromatic carbocycles. The van der Waals surface area contributed by atoms with Crippen LogP contribution in [-0.2, 0) is 9.53 Å². The summed E-state index contributed by atoms with van der Waals surface area (Å²) in [5.41, 5.74) is 0. The maximum absolute atomic E-state index is 11.2. The second kappa shape index (κ2) is 6.08. The number of nitrogens with zero attached hydrogens (tertiary/aromatic N) is 1. The molecule has 0 aromatic heterocycles. The molecule has 1 rings (SSSR count). The van der Waals surface area contributed by atoms with Gasteiger partial charge in [-0.1, -0.05) is 13.8 Å². The van der Waals surface area contributed by atoms with Gasteiger partial charge in [0.15, 0.2) is 0 Å². The van der Waals surface area contributed by atoms with Crippen LogP contribution in [0.3, 0.4) is 0 Å². The summed E-state index contributed by atoms with van der Waals surface area (Å²) in [5.74, 6) is 0.506. The highest BCUT2D eigenvalue weighted by atomic mass is 16.5. The Morgan fingerprint density at radius 3 is 2.87 bits per heavy atom. The summed E-state index contributed by atoms with van der Waals surface area (Å²) < 4.78 is 4.68. The number of hydrogen-bond acceptors (Lipinski definition) is 4. The molecule has 0 spiro atoms. The maximum atomic E-state index is 11.2. The lowest BCUT2D eigenvalue weighted by atomic mass is 9.96. The Morgan fingerprint density at radius 2 is 2.27 bits per heavy atom. The molecule has 0 saturated carbocycles. The Bertz CT molecular complexity index is 209. The number of esters is 1. The molecule has 15 heavy (non-hydrogen) atoms. The van der Waals surface area contributed by atoms with Crippen LogP contribution in [-0.4, -0.2) is 50.2 Å². The fourth-order valence-electron chi connectivity index (χ4n) is 2.27. The first-order chi connectivity index (χ1) is 7.15. The second-order valence-electron chi connectivity index (χ2n) is 4.37. The zero-order valence-electron chi connectivity index (χ0n) is 9.95. The van der Waals surface area contributed by atoms with E-state index in [0.717, 1.165) is 19.6 Å². The molecule has 0 radical (unpaired) electrons. The number of piperidine rings is 1. The molecule has 2 atom stereocenters. The van der Waals surface area contributed by atoms with Gasteiger partial charge in [0.2, 0.25) is 0 Å². The number of hydrogen-bond donors (Lipinski definition) is 1. The van der Waals surface area contributed by atoms with Crippen molar-refractivity contribution in [2.75, 3.05) is 33.3 Å². The van der Waals surface area contributed by atoms with Crippen molar-refractivity contribution in [3.8, 4) is 0 Å². The summed E-state index contributed by atoms with van der Waals surface area (Å²) in [6, 6.07) is 0.517. The van der Waals surface area contributed by atoms with Crippen molar-refractivity contribution in [1.82, 2.24) is 10.2 Å². The Hall–Kier alpha value is -0.610. The van der Waals surface area contributed by atoms with E-state index in [9.17, 15) is 4.79 Å². The number of likely N-dealkylation sites (N-methyl/N-ethyl adjacent to an activating group) is 1. The molecule has 1 aliphatic rings. The van der Waals surface area contributed by atoms with E-state index in [0.29, 0.717) is 18.5 Å². The van der Waals surface area contributed by atoms with E-state index in [1.165, 1.54) is 13.5 Å². The number of methoxy groups -OCH3 is 1. The zero-order chi connectivity index (χ0) is 11.3. The quantitative estimate of drug-likeness (QED) is 0.691. The number of carbonyl (C=O) groups excluding carboxylic acids is 1. The molecule has 4 nitrogen and oxygen atoms in total. The Morgan fingerprint density at radius 1 is 1.53 bits per heavy atom. The first kappa shape index (κ1) is 12.5. The fraction of sp³-hybridized carbons (Fsp3) is 0.909. The lowest BCUT2D eigenvalue weighted by Gasteiger charge is -2.36. The largest absolute Gasteiger partial charge is 0.468 e. The van der Waals surface area contributed by atoms with Crippen molar-refractivity contribution in [2.24, 2.45) is 5.92 Å². The van der Waals surface area contributed by atoms with Gasteiger partial charge in [0.25, 0.3) is 0 Å². The lowest BCUT2D eigenvalue weighted by Crippen LogP contribution is -2.50. The van der Waals surface area contributed by atoms with Crippen LogP contribution in [0.2, 0.25) is 0 Å². The maximum Gasteiger partial charge on any atom is 0.319 e. The van der Waals surface area contributed by atoms with Gasteiger partial charge in [-0.2, -0.15) is 0 Å². The van der Waals surface area contributed by atoms with Crippen LogP contribution in [0, 0.1) is 5.92 Å². The minimum Gasteiger partial charge on any atom is -0.468 e. The molecule has 4 heteroatoms.